The van der Waals surface area contributed by atoms with Crippen LogP contribution in [0, 0.1) is 0 Å². The van der Waals surface area contributed by atoms with E-state index in [2.05, 4.69) is 36.5 Å². The van der Waals surface area contributed by atoms with Crippen LogP contribution in [0.15, 0.2) is 110 Å². The van der Waals surface area contributed by atoms with Gasteiger partial charge in [-0.1, -0.05) is 48.0 Å². The van der Waals surface area contributed by atoms with Crippen LogP contribution in [-0.4, -0.2) is 49.1 Å². The molecule has 1 unspecified atom stereocenters. The molecular formula is C32H27ClN8O4. The molecule has 3 N–H and O–H groups in total. The summed E-state index contributed by atoms with van der Waals surface area (Å²) in [5.41, 5.74) is 3.79. The van der Waals surface area contributed by atoms with Gasteiger partial charge in [0.25, 0.3) is 0 Å². The summed E-state index contributed by atoms with van der Waals surface area (Å²) in [6.45, 7) is 0.0804. The molecule has 5 aromatic rings. The Morgan fingerprint density at radius 3 is 2.38 bits per heavy atom. The lowest BCUT2D eigenvalue weighted by Gasteiger charge is -2.18. The first kappa shape index (κ1) is 30.6. The zero-order chi connectivity index (χ0) is 31.4. The molecule has 0 bridgehead atoms. The van der Waals surface area contributed by atoms with Gasteiger partial charge in [-0.3, -0.25) is 19.9 Å². The van der Waals surface area contributed by atoms with Crippen LogP contribution < -0.4 is 16.0 Å². The molecule has 3 amide bonds. The van der Waals surface area contributed by atoms with Crippen molar-refractivity contribution in [3.05, 3.63) is 131 Å². The van der Waals surface area contributed by atoms with Gasteiger partial charge in [0.15, 0.2) is 0 Å². The number of benzene rings is 3. The van der Waals surface area contributed by atoms with Gasteiger partial charge in [0.2, 0.25) is 11.8 Å². The fourth-order valence-corrected chi connectivity index (χ4v) is 4.42. The zero-order valence-electron chi connectivity index (χ0n) is 23.7. The van der Waals surface area contributed by atoms with Gasteiger partial charge in [-0.2, -0.15) is 4.68 Å². The first-order chi connectivity index (χ1) is 21.9. The highest BCUT2D eigenvalue weighted by Gasteiger charge is 2.21. The minimum atomic E-state index is -0.900. The number of nitrogens with one attached hydrogen (secondary N) is 3. The Hall–Kier alpha value is -5.88. The second-order valence-electron chi connectivity index (χ2n) is 9.67. The number of halogens is 1. The van der Waals surface area contributed by atoms with Crippen LogP contribution in [0.2, 0.25) is 5.02 Å². The third-order valence-electron chi connectivity index (χ3n) is 6.41. The van der Waals surface area contributed by atoms with E-state index in [0.717, 1.165) is 11.1 Å². The Morgan fingerprint density at radius 2 is 1.67 bits per heavy atom. The molecule has 3 aromatic carbocycles. The van der Waals surface area contributed by atoms with Crippen molar-refractivity contribution in [2.45, 2.75) is 19.1 Å². The van der Waals surface area contributed by atoms with Crippen molar-refractivity contribution in [3.8, 4) is 5.69 Å². The second-order valence-corrected chi connectivity index (χ2v) is 10.1. The highest BCUT2D eigenvalue weighted by molar-refractivity contribution is 6.30. The lowest BCUT2D eigenvalue weighted by Crippen LogP contribution is -2.44. The number of nitrogens with zero attached hydrogens (tertiary/aromatic N) is 5. The van der Waals surface area contributed by atoms with Crippen LogP contribution in [0.5, 0.6) is 0 Å². The number of rotatable bonds is 11. The molecule has 226 valence electrons. The average Bonchev–Trinajstić information content (AvgIpc) is 3.59. The van der Waals surface area contributed by atoms with Crippen LogP contribution in [0.3, 0.4) is 0 Å². The molecular weight excluding hydrogens is 596 g/mol. The van der Waals surface area contributed by atoms with Crippen molar-refractivity contribution in [1.82, 2.24) is 30.5 Å². The van der Waals surface area contributed by atoms with Crippen LogP contribution in [-0.2, 0) is 27.4 Å². The molecule has 0 aliphatic rings. The number of ether oxygens (including phenoxy) is 1. The minimum absolute atomic E-state index is 0.0804. The quantitative estimate of drug-likeness (QED) is 0.177. The maximum Gasteiger partial charge on any atom is 0.411 e. The monoisotopic (exact) mass is 622 g/mol. The maximum atomic E-state index is 13.4. The second kappa shape index (κ2) is 15.0. The van der Waals surface area contributed by atoms with E-state index >= 15 is 0 Å². The predicted molar refractivity (Wildman–Crippen MR) is 168 cm³/mol. The van der Waals surface area contributed by atoms with Gasteiger partial charge in [0.1, 0.15) is 19.0 Å². The SMILES string of the molecule is O=C(C=Cc1cc(Cl)ccc1-n1cnnn1)NC(Cc1ccccc1)C(=O)Nc1ccc(NC(=O)OCc2cccnc2)cc1. The van der Waals surface area contributed by atoms with Gasteiger partial charge < -0.3 is 15.4 Å². The summed E-state index contributed by atoms with van der Waals surface area (Å²) in [7, 11) is 0. The Morgan fingerprint density at radius 1 is 0.911 bits per heavy atom. The highest BCUT2D eigenvalue weighted by Crippen LogP contribution is 2.20. The smallest absolute Gasteiger partial charge is 0.411 e. The summed E-state index contributed by atoms with van der Waals surface area (Å²) in [4.78, 5) is 42.6. The Kier molecular flexibility index (Phi) is 10.2. The van der Waals surface area contributed by atoms with E-state index in [-0.39, 0.29) is 13.0 Å². The van der Waals surface area contributed by atoms with Crippen molar-refractivity contribution in [2.75, 3.05) is 10.6 Å². The first-order valence-electron chi connectivity index (χ1n) is 13.7. The largest absolute Gasteiger partial charge is 0.444 e. The van der Waals surface area contributed by atoms with E-state index in [1.165, 1.54) is 17.1 Å². The van der Waals surface area contributed by atoms with E-state index in [4.69, 9.17) is 16.3 Å². The molecule has 0 fully saturated rings. The summed E-state index contributed by atoms with van der Waals surface area (Å²) < 4.78 is 6.66. The Balaban J connectivity index is 1.23. The van der Waals surface area contributed by atoms with Gasteiger partial charge in [-0.15, -0.1) is 5.10 Å². The van der Waals surface area contributed by atoms with E-state index in [1.807, 2.05) is 30.3 Å². The normalized spacial score (nSPS) is 11.5. The number of carbonyl (C=O) groups is 3. The van der Waals surface area contributed by atoms with Crippen molar-refractivity contribution in [1.29, 1.82) is 0 Å². The van der Waals surface area contributed by atoms with E-state index < -0.39 is 23.9 Å². The fraction of sp³-hybridized carbons (Fsp3) is 0.0938. The van der Waals surface area contributed by atoms with Gasteiger partial charge in [0, 0.05) is 52.4 Å². The topological polar surface area (TPSA) is 153 Å². The number of amides is 3. The summed E-state index contributed by atoms with van der Waals surface area (Å²) in [6, 6.07) is 23.6. The lowest BCUT2D eigenvalue weighted by atomic mass is 10.0. The number of aromatic nitrogens is 5. The lowest BCUT2D eigenvalue weighted by molar-refractivity contribution is -0.123. The van der Waals surface area contributed by atoms with Crippen molar-refractivity contribution in [2.24, 2.45) is 0 Å². The molecule has 2 aromatic heterocycles. The van der Waals surface area contributed by atoms with E-state index in [1.54, 1.807) is 73.1 Å². The molecule has 0 aliphatic carbocycles. The molecule has 0 aliphatic heterocycles. The molecule has 45 heavy (non-hydrogen) atoms. The summed E-state index contributed by atoms with van der Waals surface area (Å²) in [6.07, 6.45) is 7.19. The van der Waals surface area contributed by atoms with Gasteiger partial charge >= 0.3 is 6.09 Å². The molecule has 0 spiro atoms. The summed E-state index contributed by atoms with van der Waals surface area (Å²) in [5, 5.41) is 19.9. The predicted octanol–water partition coefficient (Wildman–Crippen LogP) is 4.84. The number of carbonyl (C=O) groups excluding carboxylic acids is 3. The van der Waals surface area contributed by atoms with Crippen molar-refractivity contribution in [3.63, 3.8) is 0 Å². The van der Waals surface area contributed by atoms with E-state index in [9.17, 15) is 14.4 Å². The Bertz CT molecular complexity index is 1770. The maximum absolute atomic E-state index is 13.4. The number of tetrazole rings is 1. The van der Waals surface area contributed by atoms with Gasteiger partial charge in [0.05, 0.1) is 5.69 Å². The fourth-order valence-electron chi connectivity index (χ4n) is 4.24. The summed E-state index contributed by atoms with van der Waals surface area (Å²) >= 11 is 6.18. The number of pyridine rings is 1. The molecule has 13 heteroatoms. The number of anilines is 2. The zero-order valence-corrected chi connectivity index (χ0v) is 24.5. The number of hydrogen-bond donors (Lipinski definition) is 3. The van der Waals surface area contributed by atoms with Crippen molar-refractivity contribution < 1.29 is 19.1 Å². The average molecular weight is 623 g/mol. The molecule has 2 heterocycles. The van der Waals surface area contributed by atoms with Crippen LogP contribution in [0.25, 0.3) is 11.8 Å². The standard InChI is InChI=1S/C32H27ClN8O4/c33-25-9-14-29(41-21-35-39-40-41)24(18-25)8-15-30(42)38-28(17-22-5-2-1-3-6-22)31(43)36-26-10-12-27(13-11-26)37-32(44)45-20-23-7-4-16-34-19-23/h1-16,18-19,21,28H,17,20H2,(H,36,43)(H,37,44)(H,38,42). The molecule has 0 saturated carbocycles. The van der Waals surface area contributed by atoms with Crippen LogP contribution in [0.1, 0.15) is 16.7 Å². The van der Waals surface area contributed by atoms with Crippen LogP contribution >= 0.6 is 11.6 Å². The Labute approximate surface area is 263 Å². The molecule has 12 nitrogen and oxygen atoms in total. The highest BCUT2D eigenvalue weighted by atomic mass is 35.5. The van der Waals surface area contributed by atoms with Gasteiger partial charge in [-0.25, -0.2) is 4.79 Å². The number of hydrogen-bond acceptors (Lipinski definition) is 8. The third kappa shape index (κ3) is 9.05. The minimum Gasteiger partial charge on any atom is -0.444 e. The summed E-state index contributed by atoms with van der Waals surface area (Å²) in [5.74, 6) is -0.910. The van der Waals surface area contributed by atoms with Gasteiger partial charge in [-0.05, 0) is 70.6 Å². The van der Waals surface area contributed by atoms with Crippen molar-refractivity contribution >= 4 is 47.0 Å². The first-order valence-corrected chi connectivity index (χ1v) is 14.1. The molecule has 5 rings (SSSR count). The molecule has 0 saturated heterocycles. The third-order valence-corrected chi connectivity index (χ3v) is 6.64. The van der Waals surface area contributed by atoms with Crippen LogP contribution in [0.4, 0.5) is 16.2 Å². The van der Waals surface area contributed by atoms with E-state index in [0.29, 0.717) is 27.6 Å². The molecule has 0 radical (unpaired) electrons. The molecule has 1 atom stereocenters.